The van der Waals surface area contributed by atoms with E-state index in [1.54, 1.807) is 0 Å². The van der Waals surface area contributed by atoms with E-state index in [1.165, 1.54) is 11.1 Å². The molecule has 0 aliphatic rings. The van der Waals surface area contributed by atoms with Gasteiger partial charge in [-0.25, -0.2) is 0 Å². The van der Waals surface area contributed by atoms with E-state index in [-0.39, 0.29) is 10.1 Å². The van der Waals surface area contributed by atoms with E-state index in [0.717, 1.165) is 35.2 Å². The number of hydrogen-bond donors (Lipinski definition) is 0. The molecule has 178 valence electrons. The van der Waals surface area contributed by atoms with E-state index in [4.69, 9.17) is 8.85 Å². The highest BCUT2D eigenvalue weighted by Crippen LogP contribution is 2.44. The number of aryl methyl sites for hydroxylation is 2. The molecule has 0 amide bonds. The fraction of sp³-hybridized carbons (Fsp3) is 0.556. The molecule has 2 rings (SSSR count). The SMILES string of the molecule is CC(C)(C)[Si](C)(C)Oc1cc(CCc2ccccc2)cc(O[Si](C)(C)C(C)(C)C)c1CBr. The predicted molar refractivity (Wildman–Crippen MR) is 149 cm³/mol. The van der Waals surface area contributed by atoms with E-state index < -0.39 is 16.6 Å². The van der Waals surface area contributed by atoms with Crippen LogP contribution in [0.15, 0.2) is 42.5 Å². The standard InChI is InChI=1S/C27H43BrO2Si2/c1-26(2,3)31(7,8)29-24-18-22(17-16-21-14-12-11-13-15-21)19-25(23(24)20-28)30-32(9,10)27(4,5)6/h11-15,18-19H,16-17,20H2,1-10H3. The molecule has 0 bridgehead atoms. The average Bonchev–Trinajstić information content (AvgIpc) is 2.65. The third-order valence-corrected chi connectivity index (χ3v) is 16.5. The normalized spacial score (nSPS) is 13.2. The molecule has 2 aromatic carbocycles. The molecule has 0 radical (unpaired) electrons. The van der Waals surface area contributed by atoms with Crippen LogP contribution in [0, 0.1) is 0 Å². The summed E-state index contributed by atoms with van der Waals surface area (Å²) in [6, 6.07) is 15.2. The van der Waals surface area contributed by atoms with E-state index in [0.29, 0.717) is 0 Å². The predicted octanol–water partition coefficient (Wildman–Crippen LogP) is 9.13. The van der Waals surface area contributed by atoms with Crippen LogP contribution in [0.4, 0.5) is 0 Å². The highest BCUT2D eigenvalue weighted by atomic mass is 79.9. The Balaban J connectivity index is 2.52. The van der Waals surface area contributed by atoms with Crippen molar-refractivity contribution in [3.63, 3.8) is 0 Å². The molecule has 32 heavy (non-hydrogen) atoms. The third-order valence-electron chi connectivity index (χ3n) is 7.25. The molecule has 0 spiro atoms. The number of halogens is 1. The van der Waals surface area contributed by atoms with Gasteiger partial charge in [0.2, 0.25) is 16.6 Å². The summed E-state index contributed by atoms with van der Waals surface area (Å²) in [5.74, 6) is 1.99. The minimum Gasteiger partial charge on any atom is -0.543 e. The smallest absolute Gasteiger partial charge is 0.250 e. The largest absolute Gasteiger partial charge is 0.543 e. The third kappa shape index (κ3) is 6.74. The van der Waals surface area contributed by atoms with Crippen LogP contribution in [0.3, 0.4) is 0 Å². The Morgan fingerprint density at radius 3 is 1.47 bits per heavy atom. The topological polar surface area (TPSA) is 18.5 Å². The summed E-state index contributed by atoms with van der Waals surface area (Å²) < 4.78 is 13.7. The molecular formula is C27H43BrO2Si2. The molecule has 5 heteroatoms. The maximum Gasteiger partial charge on any atom is 0.250 e. The monoisotopic (exact) mass is 534 g/mol. The Labute approximate surface area is 207 Å². The second kappa shape index (κ2) is 10.1. The van der Waals surface area contributed by atoms with Crippen LogP contribution in [-0.2, 0) is 18.2 Å². The van der Waals surface area contributed by atoms with Gasteiger partial charge in [0.05, 0.1) is 0 Å². The quantitative estimate of drug-likeness (QED) is 0.248. The molecule has 0 fully saturated rings. The van der Waals surface area contributed by atoms with Crippen molar-refractivity contribution in [3.05, 3.63) is 59.2 Å². The first-order valence-electron chi connectivity index (χ1n) is 11.7. The first-order chi connectivity index (χ1) is 14.6. The molecule has 0 atom stereocenters. The Morgan fingerprint density at radius 1 is 0.688 bits per heavy atom. The summed E-state index contributed by atoms with van der Waals surface area (Å²) in [5.41, 5.74) is 3.78. The minimum absolute atomic E-state index is 0.136. The first kappa shape index (κ1) is 27.2. The van der Waals surface area contributed by atoms with Crippen molar-refractivity contribution < 1.29 is 8.85 Å². The van der Waals surface area contributed by atoms with Gasteiger partial charge in [-0.1, -0.05) is 87.8 Å². The van der Waals surface area contributed by atoms with Crippen molar-refractivity contribution in [1.82, 2.24) is 0 Å². The summed E-state index contributed by atoms with van der Waals surface area (Å²) in [7, 11) is -3.97. The van der Waals surface area contributed by atoms with Crippen LogP contribution >= 0.6 is 15.9 Å². The van der Waals surface area contributed by atoms with Crippen LogP contribution in [0.5, 0.6) is 11.5 Å². The highest BCUT2D eigenvalue weighted by Gasteiger charge is 2.41. The second-order valence-electron chi connectivity index (χ2n) is 11.9. The lowest BCUT2D eigenvalue weighted by Crippen LogP contribution is -2.45. The summed E-state index contributed by atoms with van der Waals surface area (Å²) in [4.78, 5) is 0. The summed E-state index contributed by atoms with van der Waals surface area (Å²) >= 11 is 3.75. The van der Waals surface area contributed by atoms with Gasteiger partial charge in [-0.05, 0) is 72.4 Å². The maximum absolute atomic E-state index is 6.87. The van der Waals surface area contributed by atoms with Gasteiger partial charge < -0.3 is 8.85 Å². The number of rotatable bonds is 8. The Morgan fingerprint density at radius 2 is 1.09 bits per heavy atom. The van der Waals surface area contributed by atoms with Gasteiger partial charge in [0.15, 0.2) is 0 Å². The van der Waals surface area contributed by atoms with Crippen molar-refractivity contribution in [2.45, 2.75) is 96.0 Å². The average molecular weight is 536 g/mol. The number of benzene rings is 2. The van der Waals surface area contributed by atoms with E-state index >= 15 is 0 Å². The lowest BCUT2D eigenvalue weighted by atomic mass is 10.0. The van der Waals surface area contributed by atoms with E-state index in [1.807, 2.05) is 0 Å². The highest BCUT2D eigenvalue weighted by molar-refractivity contribution is 9.08. The van der Waals surface area contributed by atoms with Gasteiger partial charge in [-0.15, -0.1) is 0 Å². The molecule has 0 heterocycles. The van der Waals surface area contributed by atoms with Gasteiger partial charge in [0, 0.05) is 10.9 Å². The molecular weight excluding hydrogens is 492 g/mol. The van der Waals surface area contributed by atoms with Crippen LogP contribution in [0.2, 0.25) is 36.3 Å². The zero-order valence-corrected chi connectivity index (χ0v) is 25.4. The molecule has 0 aliphatic carbocycles. The van der Waals surface area contributed by atoms with Crippen molar-refractivity contribution in [3.8, 4) is 11.5 Å². The molecule has 0 aliphatic heterocycles. The molecule has 0 N–H and O–H groups in total. The van der Waals surface area contributed by atoms with Crippen LogP contribution in [-0.4, -0.2) is 16.6 Å². The zero-order valence-electron chi connectivity index (χ0n) is 21.9. The fourth-order valence-electron chi connectivity index (χ4n) is 2.92. The lowest BCUT2D eigenvalue weighted by molar-refractivity contribution is 0.467. The fourth-order valence-corrected chi connectivity index (χ4v) is 5.55. The molecule has 0 saturated heterocycles. The second-order valence-corrected chi connectivity index (χ2v) is 21.9. The van der Waals surface area contributed by atoms with Crippen molar-refractivity contribution >= 4 is 32.6 Å². The van der Waals surface area contributed by atoms with E-state index in [2.05, 4.69) is 126 Å². The molecule has 2 aromatic rings. The van der Waals surface area contributed by atoms with Crippen LogP contribution in [0.1, 0.15) is 58.2 Å². The van der Waals surface area contributed by atoms with Crippen molar-refractivity contribution in [1.29, 1.82) is 0 Å². The number of alkyl halides is 1. The van der Waals surface area contributed by atoms with Gasteiger partial charge in [0.1, 0.15) is 11.5 Å². The molecule has 0 aromatic heterocycles. The van der Waals surface area contributed by atoms with Crippen molar-refractivity contribution in [2.24, 2.45) is 0 Å². The van der Waals surface area contributed by atoms with Crippen molar-refractivity contribution in [2.75, 3.05) is 0 Å². The zero-order chi connectivity index (χ0) is 24.4. The van der Waals surface area contributed by atoms with Crippen LogP contribution in [0.25, 0.3) is 0 Å². The summed E-state index contributed by atoms with van der Waals surface area (Å²) in [6.45, 7) is 23.0. The van der Waals surface area contributed by atoms with Gasteiger partial charge >= 0.3 is 0 Å². The Hall–Kier alpha value is -1.05. The van der Waals surface area contributed by atoms with Gasteiger partial charge in [-0.2, -0.15) is 0 Å². The lowest BCUT2D eigenvalue weighted by Gasteiger charge is -2.39. The summed E-state index contributed by atoms with van der Waals surface area (Å²) in [5, 5.41) is 0.994. The Bertz CT molecular complexity index is 845. The maximum atomic E-state index is 6.87. The molecule has 0 unspecified atom stereocenters. The Kier molecular flexibility index (Phi) is 8.55. The summed E-state index contributed by atoms with van der Waals surface area (Å²) in [6.07, 6.45) is 1.97. The molecule has 2 nitrogen and oxygen atoms in total. The van der Waals surface area contributed by atoms with Gasteiger partial charge in [0.25, 0.3) is 0 Å². The number of hydrogen-bond acceptors (Lipinski definition) is 2. The van der Waals surface area contributed by atoms with Crippen LogP contribution < -0.4 is 8.85 Å². The molecule has 0 saturated carbocycles. The van der Waals surface area contributed by atoms with E-state index in [9.17, 15) is 0 Å². The first-order valence-corrected chi connectivity index (χ1v) is 18.6. The minimum atomic E-state index is -1.99. The van der Waals surface area contributed by atoms with Gasteiger partial charge in [-0.3, -0.25) is 0 Å².